The van der Waals surface area contributed by atoms with Crippen LogP contribution in [0.3, 0.4) is 0 Å². The van der Waals surface area contributed by atoms with E-state index in [2.05, 4.69) is 113 Å². The highest BCUT2D eigenvalue weighted by atomic mass is 19.1. The molecule has 0 aliphatic carbocycles. The number of pyridine rings is 2. The first-order chi connectivity index (χ1) is 20.1. The van der Waals surface area contributed by atoms with E-state index in [0.29, 0.717) is 17.2 Å². The Bertz CT molecular complexity index is 1140. The van der Waals surface area contributed by atoms with Crippen LogP contribution in [0.4, 0.5) is 16.0 Å². The second-order valence-corrected chi connectivity index (χ2v) is 12.8. The minimum atomic E-state index is -0.418. The summed E-state index contributed by atoms with van der Waals surface area (Å²) in [6.07, 6.45) is 11.4. The molecule has 0 aliphatic rings. The van der Waals surface area contributed by atoms with Crippen molar-refractivity contribution in [2.75, 3.05) is 23.3 Å². The average molecular weight is 596 g/mol. The number of aromatic nitrogens is 2. The van der Waals surface area contributed by atoms with E-state index in [1.54, 1.807) is 6.92 Å². The lowest BCUT2D eigenvalue weighted by atomic mass is 9.90. The van der Waals surface area contributed by atoms with Crippen molar-refractivity contribution in [1.82, 2.24) is 15.3 Å². The molecule has 2 heterocycles. The van der Waals surface area contributed by atoms with Crippen molar-refractivity contribution < 1.29 is 4.39 Å². The lowest BCUT2D eigenvalue weighted by Crippen LogP contribution is -2.43. The molecule has 0 spiro atoms. The molecule has 43 heavy (non-hydrogen) atoms. The maximum Gasteiger partial charge on any atom is 0.166 e. The number of hydrogen-bond acceptors (Lipinski definition) is 5. The van der Waals surface area contributed by atoms with Gasteiger partial charge in [0.05, 0.1) is 5.69 Å². The molecule has 0 aromatic carbocycles. The van der Waals surface area contributed by atoms with Gasteiger partial charge >= 0.3 is 0 Å². The molecule has 2 N–H and O–H groups in total. The maximum atomic E-state index is 14.4. The van der Waals surface area contributed by atoms with E-state index in [1.807, 2.05) is 20.0 Å². The zero-order valence-electron chi connectivity index (χ0n) is 29.7. The first-order valence-corrected chi connectivity index (χ1v) is 16.1. The van der Waals surface area contributed by atoms with Gasteiger partial charge in [-0.15, -0.1) is 6.42 Å². The van der Waals surface area contributed by atoms with Gasteiger partial charge in [0, 0.05) is 42.6 Å². The fourth-order valence-corrected chi connectivity index (χ4v) is 4.81. The highest BCUT2D eigenvalue weighted by Crippen LogP contribution is 2.24. The molecular formula is C37H62FN5. The van der Waals surface area contributed by atoms with E-state index in [9.17, 15) is 4.39 Å². The molecule has 0 aliphatic heterocycles. The summed E-state index contributed by atoms with van der Waals surface area (Å²) >= 11 is 0. The maximum absolute atomic E-state index is 14.4. The zero-order chi connectivity index (χ0) is 33.3. The lowest BCUT2D eigenvalue weighted by molar-refractivity contribution is 0.376. The third kappa shape index (κ3) is 14.8. The van der Waals surface area contributed by atoms with Crippen LogP contribution in [0.5, 0.6) is 0 Å². The van der Waals surface area contributed by atoms with E-state index in [4.69, 9.17) is 6.42 Å². The third-order valence-electron chi connectivity index (χ3n) is 6.88. The molecule has 0 amide bonds. The number of nitrogens with zero attached hydrogens (tertiary/aromatic N) is 3. The standard InChI is InChI=1S/C22H34FN3.C13H22N2.C2H6/c1-10-18-12-19(23)21(25-16(18)5)26-20(11-14(2)3)17(6)24-15(4)13-22(7,8)9;1-5-9-15(10-6-2)13-12(4)11(3)7-8-14-13;1-2/h1,12,14,17,20,24H,4,11,13H2,2-3,5-9H3,(H,25,26);7-8H,5-6,9-10H2,1-4H3;1-2H3. The molecule has 2 aromatic heterocycles. The van der Waals surface area contributed by atoms with E-state index < -0.39 is 5.82 Å². The van der Waals surface area contributed by atoms with Crippen LogP contribution in [0.1, 0.15) is 117 Å². The molecule has 0 radical (unpaired) electrons. The number of terminal acetylenes is 1. The van der Waals surface area contributed by atoms with E-state index in [1.165, 1.54) is 35.9 Å². The van der Waals surface area contributed by atoms with E-state index in [0.717, 1.165) is 31.6 Å². The Kier molecular flexibility index (Phi) is 18.6. The van der Waals surface area contributed by atoms with E-state index in [-0.39, 0.29) is 23.3 Å². The van der Waals surface area contributed by atoms with Crippen molar-refractivity contribution in [3.8, 4) is 12.3 Å². The zero-order valence-corrected chi connectivity index (χ0v) is 29.7. The summed E-state index contributed by atoms with van der Waals surface area (Å²) in [5, 5.41) is 6.76. The van der Waals surface area contributed by atoms with Gasteiger partial charge in [-0.05, 0) is 88.0 Å². The van der Waals surface area contributed by atoms with Gasteiger partial charge in [0.1, 0.15) is 5.82 Å². The van der Waals surface area contributed by atoms with Crippen LogP contribution in [0.2, 0.25) is 0 Å². The van der Waals surface area contributed by atoms with Gasteiger partial charge < -0.3 is 15.5 Å². The number of nitrogens with one attached hydrogen (secondary N) is 2. The van der Waals surface area contributed by atoms with Gasteiger partial charge in [-0.1, -0.05) is 74.8 Å². The first kappa shape index (κ1) is 39.9. The van der Waals surface area contributed by atoms with Crippen LogP contribution in [0.25, 0.3) is 0 Å². The third-order valence-corrected chi connectivity index (χ3v) is 6.88. The molecule has 6 heteroatoms. The number of hydrogen-bond donors (Lipinski definition) is 2. The smallest absolute Gasteiger partial charge is 0.166 e. The van der Waals surface area contributed by atoms with Crippen LogP contribution in [-0.2, 0) is 0 Å². The molecule has 0 bridgehead atoms. The minimum absolute atomic E-state index is 0.0183. The Labute approximate surface area is 264 Å². The van der Waals surface area contributed by atoms with Gasteiger partial charge in [-0.25, -0.2) is 14.4 Å². The predicted octanol–water partition coefficient (Wildman–Crippen LogP) is 9.62. The SMILES string of the molecule is C#Cc1cc(F)c(NC(CC(C)C)C(C)NC(=C)CC(C)(C)C)nc1C.CC.CCCN(CCC)c1nccc(C)c1C. The van der Waals surface area contributed by atoms with Crippen molar-refractivity contribution in [3.05, 3.63) is 58.8 Å². The fraction of sp³-hybridized carbons (Fsp3) is 0.622. The van der Waals surface area contributed by atoms with Gasteiger partial charge in [-0.3, -0.25) is 0 Å². The molecule has 2 aromatic rings. The number of anilines is 2. The summed E-state index contributed by atoms with van der Waals surface area (Å²) in [6.45, 7) is 33.8. The van der Waals surface area contributed by atoms with Gasteiger partial charge in [0.25, 0.3) is 0 Å². The number of rotatable bonds is 13. The Hall–Kier alpha value is -3.07. The fourth-order valence-electron chi connectivity index (χ4n) is 4.81. The molecule has 2 unspecified atom stereocenters. The number of allylic oxidation sites excluding steroid dienone is 1. The van der Waals surface area contributed by atoms with Crippen molar-refractivity contribution >= 4 is 11.6 Å². The number of aryl methyl sites for hydroxylation is 2. The molecule has 0 saturated carbocycles. The molecule has 242 valence electrons. The van der Waals surface area contributed by atoms with Crippen molar-refractivity contribution in [2.45, 2.75) is 128 Å². The largest absolute Gasteiger partial charge is 0.384 e. The highest BCUT2D eigenvalue weighted by molar-refractivity contribution is 5.49. The van der Waals surface area contributed by atoms with Gasteiger partial charge in [0.2, 0.25) is 0 Å². The van der Waals surface area contributed by atoms with E-state index >= 15 is 0 Å². The van der Waals surface area contributed by atoms with Crippen LogP contribution in [-0.4, -0.2) is 35.1 Å². The van der Waals surface area contributed by atoms with Crippen molar-refractivity contribution in [3.63, 3.8) is 0 Å². The molecule has 5 nitrogen and oxygen atoms in total. The Morgan fingerprint density at radius 3 is 2.16 bits per heavy atom. The number of halogens is 1. The summed E-state index contributed by atoms with van der Waals surface area (Å²) in [4.78, 5) is 11.2. The summed E-state index contributed by atoms with van der Waals surface area (Å²) in [7, 11) is 0. The van der Waals surface area contributed by atoms with Crippen LogP contribution < -0.4 is 15.5 Å². The molecule has 2 rings (SSSR count). The Morgan fingerprint density at radius 2 is 1.67 bits per heavy atom. The quantitative estimate of drug-likeness (QED) is 0.226. The summed E-state index contributed by atoms with van der Waals surface area (Å²) < 4.78 is 14.4. The molecule has 2 atom stereocenters. The summed E-state index contributed by atoms with van der Waals surface area (Å²) in [5.74, 6) is 3.92. The Balaban J connectivity index is 0.000000878. The summed E-state index contributed by atoms with van der Waals surface area (Å²) in [5.41, 5.74) is 4.95. The average Bonchev–Trinajstić information content (AvgIpc) is 2.91. The monoisotopic (exact) mass is 595 g/mol. The molecular weight excluding hydrogens is 533 g/mol. The highest BCUT2D eigenvalue weighted by Gasteiger charge is 2.22. The second-order valence-electron chi connectivity index (χ2n) is 12.8. The normalized spacial score (nSPS) is 12.1. The molecule has 0 fully saturated rings. The summed E-state index contributed by atoms with van der Waals surface area (Å²) in [6, 6.07) is 3.55. The Morgan fingerprint density at radius 1 is 1.09 bits per heavy atom. The van der Waals surface area contributed by atoms with Crippen LogP contribution in [0.15, 0.2) is 30.6 Å². The van der Waals surface area contributed by atoms with Crippen molar-refractivity contribution in [1.29, 1.82) is 0 Å². The lowest BCUT2D eigenvalue weighted by Gasteiger charge is -2.31. The topological polar surface area (TPSA) is 53.1 Å². The van der Waals surface area contributed by atoms with Gasteiger partial charge in [-0.2, -0.15) is 0 Å². The van der Waals surface area contributed by atoms with Crippen LogP contribution in [0, 0.1) is 50.3 Å². The van der Waals surface area contributed by atoms with Crippen LogP contribution >= 0.6 is 0 Å². The minimum Gasteiger partial charge on any atom is -0.384 e. The van der Waals surface area contributed by atoms with Crippen molar-refractivity contribution in [2.24, 2.45) is 11.3 Å². The van der Waals surface area contributed by atoms with Gasteiger partial charge in [0.15, 0.2) is 11.6 Å². The molecule has 0 saturated heterocycles. The second kappa shape index (κ2) is 20.0. The first-order valence-electron chi connectivity index (χ1n) is 16.1. The predicted molar refractivity (Wildman–Crippen MR) is 187 cm³/mol.